The maximum Gasteiger partial charge on any atom is 0.303 e. The van der Waals surface area contributed by atoms with E-state index in [2.05, 4.69) is 40.7 Å². The average molecular weight is 597 g/mol. The second-order valence-electron chi connectivity index (χ2n) is 17.2. The first kappa shape index (κ1) is 35.1. The number of carboxylic acid groups (broad SMARTS) is 1. The van der Waals surface area contributed by atoms with Crippen molar-refractivity contribution in [2.75, 3.05) is 0 Å². The summed E-state index contributed by atoms with van der Waals surface area (Å²) in [4.78, 5) is 10.6. The largest absolute Gasteiger partial charge is 0.481 e. The lowest BCUT2D eigenvalue weighted by Gasteiger charge is -2.58. The molecule has 43 heavy (non-hydrogen) atoms. The molecule has 248 valence electrons. The van der Waals surface area contributed by atoms with Crippen LogP contribution in [0, 0.1) is 52.3 Å². The summed E-state index contributed by atoms with van der Waals surface area (Å²) in [6.07, 6.45) is 35.0. The number of rotatable bonds is 19. The quantitative estimate of drug-likeness (QED) is 0.119. The van der Waals surface area contributed by atoms with Gasteiger partial charge in [0.25, 0.3) is 0 Å². The van der Waals surface area contributed by atoms with Gasteiger partial charge < -0.3 is 5.11 Å². The molecule has 4 aliphatic rings. The lowest BCUT2D eigenvalue weighted by atomic mass is 9.46. The second-order valence-corrected chi connectivity index (χ2v) is 17.2. The van der Waals surface area contributed by atoms with Crippen LogP contribution in [0.4, 0.5) is 0 Å². The maximum absolute atomic E-state index is 10.6. The Kier molecular flexibility index (Phi) is 13.6. The highest BCUT2D eigenvalue weighted by Gasteiger charge is 2.59. The van der Waals surface area contributed by atoms with Crippen molar-refractivity contribution in [2.45, 2.75) is 189 Å². The summed E-state index contributed by atoms with van der Waals surface area (Å²) in [5.41, 5.74) is 3.02. The van der Waals surface area contributed by atoms with E-state index in [9.17, 15) is 4.79 Å². The van der Waals surface area contributed by atoms with Crippen LogP contribution >= 0.6 is 0 Å². The molecule has 0 heterocycles. The van der Waals surface area contributed by atoms with Gasteiger partial charge in [0.15, 0.2) is 0 Å². The molecule has 2 heteroatoms. The Hall–Kier alpha value is -0.790. The van der Waals surface area contributed by atoms with Gasteiger partial charge in [0.05, 0.1) is 0 Å². The minimum Gasteiger partial charge on any atom is -0.481 e. The van der Waals surface area contributed by atoms with Gasteiger partial charge in [-0.05, 0) is 110 Å². The van der Waals surface area contributed by atoms with E-state index >= 15 is 0 Å². The normalized spacial score (nSPS) is 34.4. The SMILES string of the molecule is CC(C)CCC[C@@H](C)[C@H]1CCC2C3CC=C4CC(CCCCCCCCCCCCCC(=O)O)CC[C@]4(C)C3CC[C@@]21C. The van der Waals surface area contributed by atoms with Crippen LogP contribution in [0.5, 0.6) is 0 Å². The van der Waals surface area contributed by atoms with Crippen molar-refractivity contribution in [2.24, 2.45) is 52.3 Å². The number of hydrogen-bond acceptors (Lipinski definition) is 1. The van der Waals surface area contributed by atoms with Crippen molar-refractivity contribution in [3.63, 3.8) is 0 Å². The van der Waals surface area contributed by atoms with Crippen LogP contribution in [-0.2, 0) is 4.79 Å². The van der Waals surface area contributed by atoms with E-state index in [1.54, 1.807) is 0 Å². The summed E-state index contributed by atoms with van der Waals surface area (Å²) in [7, 11) is 0. The fourth-order valence-corrected chi connectivity index (χ4v) is 11.3. The van der Waals surface area contributed by atoms with Gasteiger partial charge in [-0.3, -0.25) is 4.79 Å². The lowest BCUT2D eigenvalue weighted by molar-refractivity contribution is -0.137. The van der Waals surface area contributed by atoms with E-state index < -0.39 is 5.97 Å². The van der Waals surface area contributed by atoms with E-state index in [4.69, 9.17) is 5.11 Å². The predicted molar refractivity (Wildman–Crippen MR) is 184 cm³/mol. The summed E-state index contributed by atoms with van der Waals surface area (Å²) < 4.78 is 0. The summed E-state index contributed by atoms with van der Waals surface area (Å²) in [5.74, 6) is 5.97. The molecule has 2 nitrogen and oxygen atoms in total. The number of unbranched alkanes of at least 4 members (excludes halogenated alkanes) is 10. The van der Waals surface area contributed by atoms with Gasteiger partial charge in [-0.25, -0.2) is 0 Å². The zero-order valence-electron chi connectivity index (χ0n) is 29.4. The van der Waals surface area contributed by atoms with Crippen LogP contribution in [0.2, 0.25) is 0 Å². The van der Waals surface area contributed by atoms with Crippen LogP contribution in [0.25, 0.3) is 0 Å². The topological polar surface area (TPSA) is 37.3 Å². The molecule has 4 aliphatic carbocycles. The standard InChI is InChI=1S/C41H72O2/c1-31(2)18-17-19-32(3)36-24-25-37-35-23-22-34-30-33(26-28-40(34,4)38(35)27-29-41(36,37)5)20-15-13-11-9-7-6-8-10-12-14-16-21-39(42)43/h22,31-33,35-38H,6-21,23-30H2,1-5H3,(H,42,43)/t32-,33?,35?,36-,37?,38?,40+,41-/m1/s1. The van der Waals surface area contributed by atoms with Crippen molar-refractivity contribution < 1.29 is 9.90 Å². The number of fused-ring (bicyclic) bond motifs is 5. The molecule has 4 rings (SSSR count). The number of carboxylic acids is 1. The van der Waals surface area contributed by atoms with E-state index in [0.29, 0.717) is 17.3 Å². The molecule has 3 fully saturated rings. The fraction of sp³-hybridized carbons (Fsp3) is 0.927. The molecule has 0 bridgehead atoms. The molecule has 0 radical (unpaired) electrons. The predicted octanol–water partition coefficient (Wildman–Crippen LogP) is 12.8. The van der Waals surface area contributed by atoms with Crippen molar-refractivity contribution in [3.8, 4) is 0 Å². The smallest absolute Gasteiger partial charge is 0.303 e. The third kappa shape index (κ3) is 9.15. The van der Waals surface area contributed by atoms with Crippen molar-refractivity contribution in [1.82, 2.24) is 0 Å². The monoisotopic (exact) mass is 597 g/mol. The van der Waals surface area contributed by atoms with Crippen LogP contribution < -0.4 is 0 Å². The van der Waals surface area contributed by atoms with Gasteiger partial charge in [0.2, 0.25) is 0 Å². The molecule has 4 unspecified atom stereocenters. The summed E-state index contributed by atoms with van der Waals surface area (Å²) in [6.45, 7) is 12.9. The zero-order chi connectivity index (χ0) is 30.9. The maximum atomic E-state index is 10.6. The van der Waals surface area contributed by atoms with Gasteiger partial charge in [-0.1, -0.05) is 136 Å². The molecule has 1 N–H and O–H groups in total. The molecule has 0 aromatic carbocycles. The summed E-state index contributed by atoms with van der Waals surface area (Å²) >= 11 is 0. The highest BCUT2D eigenvalue weighted by molar-refractivity contribution is 5.66. The molecule has 0 aromatic heterocycles. The third-order valence-electron chi connectivity index (χ3n) is 13.9. The van der Waals surface area contributed by atoms with E-state index in [1.165, 1.54) is 135 Å². The van der Waals surface area contributed by atoms with Crippen LogP contribution in [-0.4, -0.2) is 11.1 Å². The first-order valence-corrected chi connectivity index (χ1v) is 19.6. The molecular formula is C41H72O2. The Balaban J connectivity index is 1.14. The first-order chi connectivity index (χ1) is 20.6. The molecule has 0 saturated heterocycles. The molecule has 0 aromatic rings. The van der Waals surface area contributed by atoms with Crippen molar-refractivity contribution in [3.05, 3.63) is 11.6 Å². The Labute approximate surface area is 268 Å². The highest BCUT2D eigenvalue weighted by Crippen LogP contribution is 2.67. The zero-order valence-corrected chi connectivity index (χ0v) is 29.4. The van der Waals surface area contributed by atoms with Crippen LogP contribution in [0.1, 0.15) is 189 Å². The molecule has 3 saturated carbocycles. The van der Waals surface area contributed by atoms with Crippen LogP contribution in [0.15, 0.2) is 11.6 Å². The molecule has 0 spiro atoms. The van der Waals surface area contributed by atoms with Gasteiger partial charge in [-0.2, -0.15) is 0 Å². The van der Waals surface area contributed by atoms with E-state index in [0.717, 1.165) is 54.3 Å². The van der Waals surface area contributed by atoms with Crippen LogP contribution in [0.3, 0.4) is 0 Å². The van der Waals surface area contributed by atoms with E-state index in [1.807, 2.05) is 5.57 Å². The first-order valence-electron chi connectivity index (χ1n) is 19.6. The van der Waals surface area contributed by atoms with Crippen molar-refractivity contribution >= 4 is 5.97 Å². The molecule has 0 aliphatic heterocycles. The minimum atomic E-state index is -0.646. The van der Waals surface area contributed by atoms with E-state index in [-0.39, 0.29) is 0 Å². The molecular weight excluding hydrogens is 524 g/mol. The number of allylic oxidation sites excluding steroid dienone is 2. The Morgan fingerprint density at radius 3 is 2.09 bits per heavy atom. The lowest BCUT2D eigenvalue weighted by Crippen LogP contribution is -2.50. The van der Waals surface area contributed by atoms with Gasteiger partial charge in [0, 0.05) is 6.42 Å². The molecule has 0 amide bonds. The average Bonchev–Trinajstić information content (AvgIpc) is 3.32. The number of hydrogen-bond donors (Lipinski definition) is 1. The van der Waals surface area contributed by atoms with Gasteiger partial charge in [-0.15, -0.1) is 0 Å². The Bertz CT molecular complexity index is 873. The Morgan fingerprint density at radius 2 is 1.44 bits per heavy atom. The summed E-state index contributed by atoms with van der Waals surface area (Å²) in [5, 5.41) is 8.72. The number of carbonyl (C=O) groups is 1. The highest BCUT2D eigenvalue weighted by atomic mass is 16.4. The fourth-order valence-electron chi connectivity index (χ4n) is 11.3. The third-order valence-corrected chi connectivity index (χ3v) is 13.9. The minimum absolute atomic E-state index is 0.345. The Morgan fingerprint density at radius 1 is 0.791 bits per heavy atom. The number of aliphatic carboxylic acids is 1. The second kappa shape index (κ2) is 16.7. The van der Waals surface area contributed by atoms with Crippen molar-refractivity contribution in [1.29, 1.82) is 0 Å². The van der Waals surface area contributed by atoms with Gasteiger partial charge in [0.1, 0.15) is 0 Å². The van der Waals surface area contributed by atoms with Gasteiger partial charge >= 0.3 is 5.97 Å². The molecule has 8 atom stereocenters. The summed E-state index contributed by atoms with van der Waals surface area (Å²) in [6, 6.07) is 0.